The minimum atomic E-state index is -0.0838. The van der Waals surface area contributed by atoms with Crippen LogP contribution >= 0.6 is 11.3 Å². The smallest absolute Gasteiger partial charge is 0.274 e. The van der Waals surface area contributed by atoms with Gasteiger partial charge in [0, 0.05) is 0 Å². The van der Waals surface area contributed by atoms with E-state index in [1.807, 2.05) is 44.2 Å². The predicted octanol–water partition coefficient (Wildman–Crippen LogP) is 3.10. The van der Waals surface area contributed by atoms with E-state index in [4.69, 9.17) is 14.2 Å². The van der Waals surface area contributed by atoms with Crippen molar-refractivity contribution in [2.45, 2.75) is 13.8 Å². The molecule has 0 aliphatic rings. The monoisotopic (exact) mass is 396 g/mol. The summed E-state index contributed by atoms with van der Waals surface area (Å²) in [5, 5.41) is 0. The molecule has 0 saturated heterocycles. The van der Waals surface area contributed by atoms with Gasteiger partial charge in [-0.05, 0) is 60.9 Å². The van der Waals surface area contributed by atoms with E-state index in [1.54, 1.807) is 25.7 Å². The Kier molecular flexibility index (Phi) is 4.47. The van der Waals surface area contributed by atoms with Gasteiger partial charge in [-0.1, -0.05) is 11.3 Å². The molecule has 0 unspecified atom stereocenters. The normalized spacial score (nSPS) is 12.1. The summed E-state index contributed by atoms with van der Waals surface area (Å²) in [6.07, 6.45) is 1.82. The van der Waals surface area contributed by atoms with Crippen LogP contribution in [0.4, 0.5) is 0 Å². The molecule has 0 aliphatic carbocycles. The Balaban J connectivity index is 1.95. The van der Waals surface area contributed by atoms with Gasteiger partial charge in [-0.15, -0.1) is 0 Å². The molecule has 28 heavy (non-hydrogen) atoms. The summed E-state index contributed by atoms with van der Waals surface area (Å²) in [6.45, 7) is 4.08. The Morgan fingerprint density at radius 3 is 2.21 bits per heavy atom. The molecule has 0 aliphatic heterocycles. The van der Waals surface area contributed by atoms with Crippen LogP contribution in [0.2, 0.25) is 0 Å². The van der Waals surface area contributed by atoms with Crippen molar-refractivity contribution < 1.29 is 14.2 Å². The molecule has 0 saturated carbocycles. The summed E-state index contributed by atoms with van der Waals surface area (Å²) in [5.74, 6) is 1.60. The summed E-state index contributed by atoms with van der Waals surface area (Å²) in [7, 11) is 4.69. The van der Waals surface area contributed by atoms with Gasteiger partial charge in [-0.3, -0.25) is 4.79 Å². The standard InChI is InChI=1S/C21H20N2O4S/c1-11-6-14-15(7-12(11)2)23-20(24)18(28-21(23)22-14)10-13-8-16(25-3)19(27-5)17(9-13)26-4/h6-10H,1-5H3. The van der Waals surface area contributed by atoms with Gasteiger partial charge in [0.2, 0.25) is 5.75 Å². The molecule has 144 valence electrons. The second kappa shape index (κ2) is 6.83. The SMILES string of the molecule is COc1cc(C=c2sc3nc4cc(C)c(C)cc4n3c2=O)cc(OC)c1OC. The van der Waals surface area contributed by atoms with Gasteiger partial charge in [0.15, 0.2) is 16.5 Å². The summed E-state index contributed by atoms with van der Waals surface area (Å²) in [5.41, 5.74) is 4.67. The lowest BCUT2D eigenvalue weighted by Gasteiger charge is -2.12. The third-order valence-corrected chi connectivity index (χ3v) is 5.81. The van der Waals surface area contributed by atoms with Crippen molar-refractivity contribution in [1.82, 2.24) is 9.38 Å². The molecular weight excluding hydrogens is 376 g/mol. The van der Waals surface area contributed by atoms with Crippen molar-refractivity contribution in [3.05, 3.63) is 55.8 Å². The van der Waals surface area contributed by atoms with Crippen molar-refractivity contribution >= 4 is 33.4 Å². The number of benzene rings is 2. The topological polar surface area (TPSA) is 62.1 Å². The van der Waals surface area contributed by atoms with Crippen LogP contribution in [-0.4, -0.2) is 30.7 Å². The average Bonchev–Trinajstić information content (AvgIpc) is 3.17. The molecule has 4 aromatic rings. The Labute approximate surface area is 165 Å². The van der Waals surface area contributed by atoms with Gasteiger partial charge in [-0.2, -0.15) is 0 Å². The number of hydrogen-bond donors (Lipinski definition) is 0. The van der Waals surface area contributed by atoms with E-state index in [1.165, 1.54) is 11.3 Å². The third-order valence-electron chi connectivity index (χ3n) is 4.84. The highest BCUT2D eigenvalue weighted by Crippen LogP contribution is 2.38. The molecule has 2 heterocycles. The maximum absolute atomic E-state index is 13.1. The fourth-order valence-electron chi connectivity index (χ4n) is 3.25. The fourth-order valence-corrected chi connectivity index (χ4v) is 4.24. The van der Waals surface area contributed by atoms with Crippen LogP contribution in [0.1, 0.15) is 16.7 Å². The highest BCUT2D eigenvalue weighted by atomic mass is 32.1. The molecule has 0 N–H and O–H groups in total. The molecule has 0 amide bonds. The minimum Gasteiger partial charge on any atom is -0.493 e. The van der Waals surface area contributed by atoms with E-state index in [9.17, 15) is 4.79 Å². The lowest BCUT2D eigenvalue weighted by molar-refractivity contribution is 0.324. The molecular formula is C21H20N2O4S. The Morgan fingerprint density at radius 1 is 0.964 bits per heavy atom. The minimum absolute atomic E-state index is 0.0838. The Hall–Kier alpha value is -3.06. The van der Waals surface area contributed by atoms with Crippen LogP contribution in [0.5, 0.6) is 17.2 Å². The number of aromatic nitrogens is 2. The first-order chi connectivity index (χ1) is 13.5. The zero-order valence-electron chi connectivity index (χ0n) is 16.3. The molecule has 7 heteroatoms. The van der Waals surface area contributed by atoms with E-state index in [2.05, 4.69) is 4.98 Å². The van der Waals surface area contributed by atoms with Crippen molar-refractivity contribution in [3.63, 3.8) is 0 Å². The lowest BCUT2D eigenvalue weighted by Crippen LogP contribution is -2.22. The zero-order chi connectivity index (χ0) is 20.0. The highest BCUT2D eigenvalue weighted by molar-refractivity contribution is 7.15. The van der Waals surface area contributed by atoms with E-state index in [0.29, 0.717) is 26.7 Å². The van der Waals surface area contributed by atoms with E-state index in [-0.39, 0.29) is 5.56 Å². The maximum Gasteiger partial charge on any atom is 0.274 e. The molecule has 0 fully saturated rings. The zero-order valence-corrected chi connectivity index (χ0v) is 17.1. The van der Waals surface area contributed by atoms with Crippen molar-refractivity contribution in [3.8, 4) is 17.2 Å². The summed E-state index contributed by atoms with van der Waals surface area (Å²) >= 11 is 1.36. The van der Waals surface area contributed by atoms with Crippen LogP contribution in [0, 0.1) is 13.8 Å². The number of imidazole rings is 1. The third kappa shape index (κ3) is 2.79. The van der Waals surface area contributed by atoms with Gasteiger partial charge in [0.25, 0.3) is 5.56 Å². The van der Waals surface area contributed by atoms with Crippen molar-refractivity contribution in [2.24, 2.45) is 0 Å². The average molecular weight is 396 g/mol. The molecule has 0 bridgehead atoms. The molecule has 0 spiro atoms. The fraction of sp³-hybridized carbons (Fsp3) is 0.238. The lowest BCUT2D eigenvalue weighted by atomic mass is 10.1. The second-order valence-electron chi connectivity index (χ2n) is 6.53. The molecule has 2 aromatic carbocycles. The van der Waals surface area contributed by atoms with Crippen LogP contribution in [0.15, 0.2) is 29.1 Å². The first kappa shape index (κ1) is 18.3. The van der Waals surface area contributed by atoms with Gasteiger partial charge >= 0.3 is 0 Å². The summed E-state index contributed by atoms with van der Waals surface area (Å²) in [4.78, 5) is 18.4. The number of hydrogen-bond acceptors (Lipinski definition) is 6. The van der Waals surface area contributed by atoms with Crippen molar-refractivity contribution in [1.29, 1.82) is 0 Å². The molecule has 0 atom stereocenters. The number of aryl methyl sites for hydroxylation is 2. The predicted molar refractivity (Wildman–Crippen MR) is 111 cm³/mol. The van der Waals surface area contributed by atoms with Gasteiger partial charge < -0.3 is 14.2 Å². The first-order valence-electron chi connectivity index (χ1n) is 8.70. The van der Waals surface area contributed by atoms with Gasteiger partial charge in [-0.25, -0.2) is 9.38 Å². The highest BCUT2D eigenvalue weighted by Gasteiger charge is 2.15. The number of thiazole rings is 1. The number of nitrogens with zero attached hydrogens (tertiary/aromatic N) is 2. The number of ether oxygens (including phenoxy) is 3. The first-order valence-corrected chi connectivity index (χ1v) is 9.52. The largest absolute Gasteiger partial charge is 0.493 e. The van der Waals surface area contributed by atoms with E-state index in [0.717, 1.165) is 27.7 Å². The second-order valence-corrected chi connectivity index (χ2v) is 7.54. The van der Waals surface area contributed by atoms with Crippen LogP contribution in [0.3, 0.4) is 0 Å². The van der Waals surface area contributed by atoms with Gasteiger partial charge in [0.05, 0.1) is 36.9 Å². The quantitative estimate of drug-likeness (QED) is 0.530. The van der Waals surface area contributed by atoms with Crippen LogP contribution in [0.25, 0.3) is 22.1 Å². The number of fused-ring (bicyclic) bond motifs is 3. The van der Waals surface area contributed by atoms with Crippen LogP contribution < -0.4 is 24.3 Å². The molecule has 2 aromatic heterocycles. The molecule has 0 radical (unpaired) electrons. The summed E-state index contributed by atoms with van der Waals surface area (Å²) in [6, 6.07) is 7.66. The Morgan fingerprint density at radius 2 is 1.61 bits per heavy atom. The number of rotatable bonds is 4. The van der Waals surface area contributed by atoms with E-state index < -0.39 is 0 Å². The Bertz CT molecular complexity index is 1300. The number of methoxy groups -OCH3 is 3. The maximum atomic E-state index is 13.1. The molecule has 6 nitrogen and oxygen atoms in total. The van der Waals surface area contributed by atoms with Crippen molar-refractivity contribution in [2.75, 3.05) is 21.3 Å². The summed E-state index contributed by atoms with van der Waals surface area (Å²) < 4.78 is 18.4. The van der Waals surface area contributed by atoms with Crippen LogP contribution in [-0.2, 0) is 0 Å². The molecule has 4 rings (SSSR count). The van der Waals surface area contributed by atoms with E-state index >= 15 is 0 Å². The van der Waals surface area contributed by atoms with Gasteiger partial charge in [0.1, 0.15) is 0 Å².